The molecular formula is C14H16N2O3. The minimum absolute atomic E-state index is 0.0939. The van der Waals surface area contributed by atoms with E-state index in [1.165, 1.54) is 6.07 Å². The molecule has 1 aromatic rings. The average molecular weight is 260 g/mol. The second-order valence-corrected chi connectivity index (χ2v) is 4.84. The van der Waals surface area contributed by atoms with E-state index >= 15 is 0 Å². The molecule has 1 aromatic carbocycles. The largest absolute Gasteiger partial charge is 0.490 e. The maximum atomic E-state index is 11.5. The lowest BCUT2D eigenvalue weighted by atomic mass is 9.96. The van der Waals surface area contributed by atoms with Crippen LogP contribution in [0.2, 0.25) is 0 Å². The summed E-state index contributed by atoms with van der Waals surface area (Å²) >= 11 is 0. The summed E-state index contributed by atoms with van der Waals surface area (Å²) in [5.41, 5.74) is 6.85. The first-order valence-corrected chi connectivity index (χ1v) is 6.15. The molecule has 1 aliphatic rings. The highest BCUT2D eigenvalue weighted by Crippen LogP contribution is 2.32. The molecule has 1 atom stereocenters. The van der Waals surface area contributed by atoms with Gasteiger partial charge in [0.25, 0.3) is 5.91 Å². The zero-order valence-electron chi connectivity index (χ0n) is 11.0. The number of ether oxygens (including phenoxy) is 2. The van der Waals surface area contributed by atoms with E-state index in [0.29, 0.717) is 24.5 Å². The number of benzene rings is 1. The molecule has 0 radical (unpaired) electrons. The van der Waals surface area contributed by atoms with E-state index < -0.39 is 5.91 Å². The maximum absolute atomic E-state index is 11.5. The number of nitriles is 1. The second-order valence-electron chi connectivity index (χ2n) is 4.84. The van der Waals surface area contributed by atoms with Crippen molar-refractivity contribution in [2.45, 2.75) is 25.9 Å². The molecule has 0 aliphatic carbocycles. The Morgan fingerprint density at radius 3 is 2.79 bits per heavy atom. The summed E-state index contributed by atoms with van der Waals surface area (Å²) in [5.74, 6) is 0.00392. The Bertz CT molecular complexity index is 542. The van der Waals surface area contributed by atoms with Crippen LogP contribution in [0.4, 0.5) is 0 Å². The number of nitrogens with two attached hydrogens (primary N) is 1. The van der Waals surface area contributed by atoms with Gasteiger partial charge < -0.3 is 15.2 Å². The van der Waals surface area contributed by atoms with Gasteiger partial charge in [-0.1, -0.05) is 13.8 Å². The first-order chi connectivity index (χ1) is 9.02. The highest BCUT2D eigenvalue weighted by Gasteiger charge is 2.25. The van der Waals surface area contributed by atoms with Gasteiger partial charge in [-0.25, -0.2) is 0 Å². The normalized spacial score (nSPS) is 17.1. The molecular weight excluding hydrogens is 244 g/mol. The van der Waals surface area contributed by atoms with Gasteiger partial charge in [0.05, 0.1) is 23.8 Å². The van der Waals surface area contributed by atoms with Gasteiger partial charge in [-0.05, 0) is 23.6 Å². The van der Waals surface area contributed by atoms with E-state index in [-0.39, 0.29) is 17.6 Å². The first kappa shape index (κ1) is 13.4. The van der Waals surface area contributed by atoms with Crippen LogP contribution < -0.4 is 10.5 Å². The van der Waals surface area contributed by atoms with Crippen LogP contribution in [-0.4, -0.2) is 25.2 Å². The number of carbonyl (C=O) groups excluding carboxylic acids is 1. The molecule has 2 rings (SSSR count). The number of primary amides is 1. The van der Waals surface area contributed by atoms with E-state index in [4.69, 9.17) is 20.5 Å². The SMILES string of the molecule is CC(C)c1cc(C#N)cc(C(N)=O)c1OCC1CO1. The van der Waals surface area contributed by atoms with Crippen molar-refractivity contribution in [3.05, 3.63) is 28.8 Å². The molecule has 0 spiro atoms. The molecule has 5 nitrogen and oxygen atoms in total. The molecule has 5 heteroatoms. The Morgan fingerprint density at radius 2 is 2.32 bits per heavy atom. The zero-order valence-corrected chi connectivity index (χ0v) is 11.0. The Labute approximate surface area is 111 Å². The van der Waals surface area contributed by atoms with Crippen LogP contribution in [0.1, 0.15) is 41.3 Å². The first-order valence-electron chi connectivity index (χ1n) is 6.15. The molecule has 0 saturated carbocycles. The summed E-state index contributed by atoms with van der Waals surface area (Å²) in [6, 6.07) is 5.24. The number of rotatable bonds is 5. The van der Waals surface area contributed by atoms with Crippen LogP contribution >= 0.6 is 0 Å². The number of nitrogens with zero attached hydrogens (tertiary/aromatic N) is 1. The third kappa shape index (κ3) is 3.04. The van der Waals surface area contributed by atoms with Crippen molar-refractivity contribution in [2.75, 3.05) is 13.2 Å². The summed E-state index contributed by atoms with van der Waals surface area (Å²) in [7, 11) is 0. The third-order valence-electron chi connectivity index (χ3n) is 2.95. The van der Waals surface area contributed by atoms with Gasteiger partial charge in [0.2, 0.25) is 0 Å². The minimum Gasteiger partial charge on any atom is -0.490 e. The number of hydrogen-bond donors (Lipinski definition) is 1. The van der Waals surface area contributed by atoms with Crippen LogP contribution in [0, 0.1) is 11.3 Å². The fraction of sp³-hybridized carbons (Fsp3) is 0.429. The molecule has 19 heavy (non-hydrogen) atoms. The highest BCUT2D eigenvalue weighted by molar-refractivity contribution is 5.96. The quantitative estimate of drug-likeness (QED) is 0.813. The van der Waals surface area contributed by atoms with Gasteiger partial charge in [-0.2, -0.15) is 5.26 Å². The molecule has 1 aliphatic heterocycles. The van der Waals surface area contributed by atoms with Gasteiger partial charge in [-0.15, -0.1) is 0 Å². The maximum Gasteiger partial charge on any atom is 0.252 e. The third-order valence-corrected chi connectivity index (χ3v) is 2.95. The molecule has 1 saturated heterocycles. The lowest BCUT2D eigenvalue weighted by Crippen LogP contribution is -2.16. The summed E-state index contributed by atoms with van der Waals surface area (Å²) in [6.07, 6.45) is 0.0939. The highest BCUT2D eigenvalue weighted by atomic mass is 16.6. The van der Waals surface area contributed by atoms with Gasteiger partial charge in [0.15, 0.2) is 0 Å². The Hall–Kier alpha value is -2.06. The van der Waals surface area contributed by atoms with Crippen LogP contribution in [0.3, 0.4) is 0 Å². The van der Waals surface area contributed by atoms with Gasteiger partial charge in [0.1, 0.15) is 18.5 Å². The Balaban J connectivity index is 2.44. The fourth-order valence-corrected chi connectivity index (χ4v) is 1.83. The molecule has 1 heterocycles. The zero-order chi connectivity index (χ0) is 14.0. The van der Waals surface area contributed by atoms with E-state index in [0.717, 1.165) is 5.56 Å². The second kappa shape index (κ2) is 5.29. The Kier molecular flexibility index (Phi) is 3.72. The summed E-state index contributed by atoms with van der Waals surface area (Å²) < 4.78 is 10.8. The lowest BCUT2D eigenvalue weighted by molar-refractivity contribution is 0.0995. The molecule has 2 N–H and O–H groups in total. The monoisotopic (exact) mass is 260 g/mol. The molecule has 1 fully saturated rings. The fourth-order valence-electron chi connectivity index (χ4n) is 1.83. The molecule has 0 aromatic heterocycles. The van der Waals surface area contributed by atoms with Crippen molar-refractivity contribution < 1.29 is 14.3 Å². The molecule has 1 amide bonds. The van der Waals surface area contributed by atoms with Crippen molar-refractivity contribution in [1.82, 2.24) is 0 Å². The Morgan fingerprint density at radius 1 is 1.63 bits per heavy atom. The van der Waals surface area contributed by atoms with Gasteiger partial charge in [-0.3, -0.25) is 4.79 Å². The van der Waals surface area contributed by atoms with Crippen LogP contribution in [-0.2, 0) is 4.74 Å². The number of epoxide rings is 1. The molecule has 1 unspecified atom stereocenters. The minimum atomic E-state index is -0.592. The molecule has 0 bridgehead atoms. The predicted molar refractivity (Wildman–Crippen MR) is 69.0 cm³/mol. The number of amides is 1. The lowest BCUT2D eigenvalue weighted by Gasteiger charge is -2.17. The average Bonchev–Trinajstić information content (AvgIpc) is 3.19. The van der Waals surface area contributed by atoms with Crippen LogP contribution in [0.25, 0.3) is 0 Å². The van der Waals surface area contributed by atoms with E-state index in [1.54, 1.807) is 6.07 Å². The van der Waals surface area contributed by atoms with Crippen molar-refractivity contribution in [3.8, 4) is 11.8 Å². The van der Waals surface area contributed by atoms with Crippen molar-refractivity contribution in [3.63, 3.8) is 0 Å². The number of hydrogen-bond acceptors (Lipinski definition) is 4. The van der Waals surface area contributed by atoms with Crippen LogP contribution in [0.15, 0.2) is 12.1 Å². The smallest absolute Gasteiger partial charge is 0.252 e. The molecule has 100 valence electrons. The van der Waals surface area contributed by atoms with Crippen molar-refractivity contribution >= 4 is 5.91 Å². The van der Waals surface area contributed by atoms with Crippen molar-refractivity contribution in [2.24, 2.45) is 5.73 Å². The van der Waals surface area contributed by atoms with Gasteiger partial charge >= 0.3 is 0 Å². The summed E-state index contributed by atoms with van der Waals surface area (Å²) in [6.45, 7) is 5.02. The van der Waals surface area contributed by atoms with Crippen LogP contribution in [0.5, 0.6) is 5.75 Å². The van der Waals surface area contributed by atoms with Gasteiger partial charge in [0, 0.05) is 0 Å². The standard InChI is InChI=1S/C14H16N2O3/c1-8(2)11-3-9(5-15)4-12(14(16)17)13(11)19-7-10-6-18-10/h3-4,8,10H,6-7H2,1-2H3,(H2,16,17). The van der Waals surface area contributed by atoms with Crippen molar-refractivity contribution in [1.29, 1.82) is 5.26 Å². The number of carbonyl (C=O) groups is 1. The van der Waals surface area contributed by atoms with E-state index in [1.807, 2.05) is 19.9 Å². The summed E-state index contributed by atoms with van der Waals surface area (Å²) in [5, 5.41) is 9.01. The summed E-state index contributed by atoms with van der Waals surface area (Å²) in [4.78, 5) is 11.5. The predicted octanol–water partition coefficient (Wildman–Crippen LogP) is 1.56. The topological polar surface area (TPSA) is 88.6 Å². The van der Waals surface area contributed by atoms with E-state index in [9.17, 15) is 4.79 Å². The van der Waals surface area contributed by atoms with E-state index in [2.05, 4.69) is 0 Å².